The molecule has 0 atom stereocenters. The number of nitriles is 8. The van der Waals surface area contributed by atoms with Gasteiger partial charge in [-0.1, -0.05) is 29.7 Å². The molecule has 0 aromatic carbocycles. The summed E-state index contributed by atoms with van der Waals surface area (Å²) in [5, 5.41) is 120. The van der Waals surface area contributed by atoms with Crippen molar-refractivity contribution in [3.8, 4) is 48.6 Å². The van der Waals surface area contributed by atoms with Crippen LogP contribution in [-0.2, 0) is 0 Å². The minimum Gasteiger partial charge on any atom is -0.619 e. The van der Waals surface area contributed by atoms with Crippen molar-refractivity contribution < 1.29 is 29.5 Å². The van der Waals surface area contributed by atoms with E-state index in [-0.39, 0.29) is 129 Å². The third kappa shape index (κ3) is 33.9. The van der Waals surface area contributed by atoms with Crippen molar-refractivity contribution in [1.29, 1.82) is 52.9 Å². The van der Waals surface area contributed by atoms with Gasteiger partial charge in [0.15, 0.2) is 86.5 Å². The van der Waals surface area contributed by atoms with Gasteiger partial charge in [0.05, 0.1) is 43.4 Å². The third-order valence-corrected chi connectivity index (χ3v) is 12.4. The van der Waals surface area contributed by atoms with Crippen molar-refractivity contribution in [2.24, 2.45) is 11.5 Å². The van der Waals surface area contributed by atoms with Crippen LogP contribution in [-0.4, -0.2) is 121 Å². The van der Waals surface area contributed by atoms with Gasteiger partial charge in [0.2, 0.25) is 28.4 Å². The SMILES string of the molecule is N#Cc1nc(Br)cn(O)c1=N.N#Cc1nc(Br)cnc1N.N#Cc1nccn(O)c1=N.N#Cc1nccnc1N.N#Cc1nccnc1N.NC(=O)c1c[n+]([O-])ccn1.NC(=O)c1cnccn1.Nc1c[n+]([O-])ccn1.[C-]#[N+]c1cnc(C#N)c(N)n1.[C-]#[N+]c1nc(Br)c(C#N)nc1Br.[C-]#[N+]c1nc(N)c(C#N)nc1Br. The fraction of sp³-hybridized carbons (Fsp3) is 0. The minimum absolute atomic E-state index is 0.000926. The van der Waals surface area contributed by atoms with Crippen LogP contribution in [0.15, 0.2) is 135 Å². The van der Waals surface area contributed by atoms with Gasteiger partial charge in [-0.25, -0.2) is 64.8 Å². The first-order chi connectivity index (χ1) is 52.8. The molecule has 20 N–H and O–H groups in total. The second kappa shape index (κ2) is 49.8. The van der Waals surface area contributed by atoms with E-state index in [9.17, 15) is 20.0 Å². The topological polar surface area (TPSA) is 830 Å². The number of halogens is 5. The molecule has 0 bridgehead atoms. The van der Waals surface area contributed by atoms with Gasteiger partial charge in [-0.3, -0.25) is 30.4 Å². The van der Waals surface area contributed by atoms with Crippen molar-refractivity contribution in [2.45, 2.75) is 0 Å². The maximum Gasteiger partial charge on any atom is 0.304 e. The molecule has 0 saturated carbocycles. The Bertz CT molecular complexity index is 5500. The number of primary amides is 2. The Morgan fingerprint density at radius 3 is 1.27 bits per heavy atom. The number of nitrogen functional groups attached to an aromatic ring is 6. The van der Waals surface area contributed by atoms with Crippen molar-refractivity contribution in [3.63, 3.8) is 0 Å². The van der Waals surface area contributed by atoms with E-state index in [1.165, 1.54) is 105 Å². The molecule has 0 aliphatic heterocycles. The van der Waals surface area contributed by atoms with Gasteiger partial charge >= 0.3 is 11.6 Å². The number of nitrogens with zero attached hydrogens (tertiary/aromatic N) is 33. The lowest BCUT2D eigenvalue weighted by Gasteiger charge is -1.97. The van der Waals surface area contributed by atoms with Crippen LogP contribution in [0.2, 0.25) is 0 Å². The first-order valence-electron chi connectivity index (χ1n) is 27.3. The number of amides is 2. The highest BCUT2D eigenvalue weighted by Gasteiger charge is 2.13. The maximum absolute atomic E-state index is 10.5. The summed E-state index contributed by atoms with van der Waals surface area (Å²) in [7, 11) is 0. The molecular formula is C57H38Br5N43O6. The largest absolute Gasteiger partial charge is 0.619 e. The smallest absolute Gasteiger partial charge is 0.304 e. The van der Waals surface area contributed by atoms with Gasteiger partial charge in [-0.2, -0.15) is 61.0 Å². The Balaban J connectivity index is 0.000000612. The van der Waals surface area contributed by atoms with Crippen LogP contribution in [0.4, 0.5) is 52.4 Å². The van der Waals surface area contributed by atoms with E-state index in [0.717, 1.165) is 6.20 Å². The molecule has 0 saturated heterocycles. The number of anilines is 6. The van der Waals surface area contributed by atoms with Gasteiger partial charge < -0.3 is 81.2 Å². The Hall–Kier alpha value is -16.8. The van der Waals surface area contributed by atoms with E-state index in [1.54, 1.807) is 36.4 Å². The molecule has 0 spiro atoms. The van der Waals surface area contributed by atoms with Crippen LogP contribution in [0.3, 0.4) is 0 Å². The summed E-state index contributed by atoms with van der Waals surface area (Å²) in [6.07, 6.45) is 23.4. The number of hydrogen-bond acceptors (Lipinski definition) is 40. The molecule has 0 aliphatic carbocycles. The summed E-state index contributed by atoms with van der Waals surface area (Å²) < 4.78 is 3.77. The van der Waals surface area contributed by atoms with Crippen LogP contribution in [0.25, 0.3) is 14.5 Å². The summed E-state index contributed by atoms with van der Waals surface area (Å²) in [6, 6.07) is 14.1. The molecule has 11 aromatic rings. The van der Waals surface area contributed by atoms with E-state index < -0.39 is 11.8 Å². The van der Waals surface area contributed by atoms with Gasteiger partial charge in [0, 0.05) is 59.3 Å². The van der Waals surface area contributed by atoms with Crippen molar-refractivity contribution in [1.82, 2.24) is 99.2 Å². The summed E-state index contributed by atoms with van der Waals surface area (Å²) in [5.41, 5.74) is 41.2. The molecule has 11 heterocycles. The third-order valence-electron chi connectivity index (χ3n) is 10.0. The van der Waals surface area contributed by atoms with Crippen LogP contribution in [0.5, 0.6) is 0 Å². The lowest BCUT2D eigenvalue weighted by molar-refractivity contribution is -0.606. The fourth-order valence-electron chi connectivity index (χ4n) is 5.32. The average Bonchev–Trinajstić information content (AvgIpc) is 0.849. The number of aromatic nitrogens is 22. The Morgan fingerprint density at radius 1 is 0.432 bits per heavy atom. The van der Waals surface area contributed by atoms with Gasteiger partial charge in [-0.15, -0.1) is 4.98 Å². The molecule has 11 aromatic heterocycles. The fourth-order valence-corrected chi connectivity index (χ4v) is 7.03. The molecule has 49 nitrogen and oxygen atoms in total. The summed E-state index contributed by atoms with van der Waals surface area (Å²) >= 11 is 15.1. The Kier molecular flexibility index (Phi) is 41.3. The highest BCUT2D eigenvalue weighted by molar-refractivity contribution is 9.11. The quantitative estimate of drug-likeness (QED) is 0.0510. The minimum atomic E-state index is -0.704. The maximum atomic E-state index is 10.5. The van der Waals surface area contributed by atoms with E-state index in [2.05, 4.69) is 184 Å². The van der Waals surface area contributed by atoms with Crippen LogP contribution < -0.4 is 66.3 Å². The van der Waals surface area contributed by atoms with Crippen molar-refractivity contribution >= 4 is 144 Å². The summed E-state index contributed by atoms with van der Waals surface area (Å²) in [6.45, 7) is 19.9. The monoisotopic (exact) mass is 1810 g/mol. The summed E-state index contributed by atoms with van der Waals surface area (Å²) in [5.74, 6) is -0.219. The summed E-state index contributed by atoms with van der Waals surface area (Å²) in [4.78, 5) is 95.6. The normalized spacial score (nSPS) is 8.70. The van der Waals surface area contributed by atoms with Crippen LogP contribution in [0.1, 0.15) is 66.5 Å². The van der Waals surface area contributed by atoms with Crippen molar-refractivity contribution in [2.75, 3.05) is 34.4 Å². The zero-order chi connectivity index (χ0) is 83.7. The lowest BCUT2D eigenvalue weighted by Crippen LogP contribution is -2.28. The highest BCUT2D eigenvalue weighted by Crippen LogP contribution is 2.25. The first-order valence-corrected chi connectivity index (χ1v) is 31.2. The standard InChI is InChI=1S/C6Br2N4.C6H2BrN5.C6H3N5.C5H3BrN4O.C5H3BrN4.C5H4N4O.2C5H4N4.C5H5N3O2.C5H5N3O.C4H5N3O/c1-10-6-5(8)11-3(2-9)4(7)12-6;1-10-6-4(7)11-3(2-8)5(9)12-6;1-9-5-3-10-4(2-7)6(8)11-5;6-4-2-10(11)5(8)3(1-7)9-4;6-4-2-9-5(8)3(1-7)10-4;6-3-4-5(7)9(10)2-1-8-4;2*6-3-4-5(7)9-2-1-8-4;6-5(9)4-3-8(10)2-1-7-4;6-5(9)4-3-7-1-2-8-4;5-4-3-7(8)2-1-6-4/h;(H2,9,12);3H,(H2,8,11);2,8,11H;2H,(H2,8,9);1-2,7,10H;2*1-2H,(H2,7,9);1-3H,(H2,6,9);1-3H,(H2,6,9);1-3H,(H2,5,6). The molecule has 0 fully saturated rings. The number of carbonyl (C=O) groups is 2. The number of nitrogens with two attached hydrogens (primary N) is 8. The van der Waals surface area contributed by atoms with Crippen LogP contribution >= 0.6 is 79.6 Å². The molecule has 54 heteroatoms. The number of rotatable bonds is 2. The molecule has 11 rings (SSSR count). The average molecular weight is 1820 g/mol. The predicted molar refractivity (Wildman–Crippen MR) is 390 cm³/mol. The predicted octanol–water partition coefficient (Wildman–Crippen LogP) is 2.10. The number of hydrogen-bond donors (Lipinski definition) is 12. The second-order valence-electron chi connectivity index (χ2n) is 17.3. The Morgan fingerprint density at radius 2 is 0.865 bits per heavy atom. The number of carbonyl (C=O) groups excluding carboxylic acids is 2. The molecule has 2 amide bonds. The molecular weight excluding hydrogens is 1780 g/mol. The molecule has 0 unspecified atom stereocenters. The highest BCUT2D eigenvalue weighted by atomic mass is 79.9. The van der Waals surface area contributed by atoms with E-state index in [0.29, 0.717) is 32.7 Å². The zero-order valence-electron chi connectivity index (χ0n) is 54.7. The van der Waals surface area contributed by atoms with E-state index in [4.69, 9.17) is 129 Å². The van der Waals surface area contributed by atoms with Crippen molar-refractivity contribution in [3.05, 3.63) is 247 Å². The Labute approximate surface area is 662 Å². The van der Waals surface area contributed by atoms with E-state index >= 15 is 0 Å². The van der Waals surface area contributed by atoms with Gasteiger partial charge in [0.25, 0.3) is 29.3 Å². The van der Waals surface area contributed by atoms with Crippen LogP contribution in [0, 0.1) is 132 Å². The molecule has 0 aliphatic rings. The first kappa shape index (κ1) is 92.2. The van der Waals surface area contributed by atoms with Gasteiger partial charge in [0.1, 0.15) is 72.7 Å². The van der Waals surface area contributed by atoms with E-state index in [1.807, 2.05) is 12.1 Å². The molecule has 0 radical (unpaired) electrons. The number of nitrogens with one attached hydrogen (secondary N) is 2. The lowest BCUT2D eigenvalue weighted by atomic mass is 10.4. The second-order valence-corrected chi connectivity index (χ2v) is 21.2. The van der Waals surface area contributed by atoms with Gasteiger partial charge in [-0.05, 0) is 63.7 Å². The zero-order valence-corrected chi connectivity index (χ0v) is 62.6. The molecule has 552 valence electrons. The molecule has 111 heavy (non-hydrogen) atoms.